The van der Waals surface area contributed by atoms with Crippen molar-refractivity contribution in [1.82, 2.24) is 0 Å². The number of rotatable bonds is 4. The summed E-state index contributed by atoms with van der Waals surface area (Å²) in [5.41, 5.74) is 2.38. The quantitative estimate of drug-likeness (QED) is 0.848. The monoisotopic (exact) mass is 314 g/mol. The van der Waals surface area contributed by atoms with Crippen LogP contribution in [0.15, 0.2) is 42.5 Å². The van der Waals surface area contributed by atoms with Gasteiger partial charge in [0, 0.05) is 11.4 Å². The molecule has 0 aromatic heterocycles. The molecule has 0 aliphatic rings. The maximum atomic E-state index is 12.1. The largest absolute Gasteiger partial charge is 0.497 e. The SMILES string of the molecule is COC(=O)c1ccc(C)c(NC(=O)Nc2ccc(OC)cc2)c1. The first-order chi connectivity index (χ1) is 11.0. The third-order valence-electron chi connectivity index (χ3n) is 3.25. The second-order valence-corrected chi connectivity index (χ2v) is 4.83. The van der Waals surface area contributed by atoms with E-state index in [-0.39, 0.29) is 0 Å². The number of aryl methyl sites for hydroxylation is 1. The molecule has 2 amide bonds. The Bertz CT molecular complexity index is 711. The fourth-order valence-corrected chi connectivity index (χ4v) is 1.96. The highest BCUT2D eigenvalue weighted by atomic mass is 16.5. The Morgan fingerprint density at radius 2 is 1.65 bits per heavy atom. The fourth-order valence-electron chi connectivity index (χ4n) is 1.96. The number of methoxy groups -OCH3 is 2. The number of amides is 2. The van der Waals surface area contributed by atoms with Crippen LogP contribution in [0.4, 0.5) is 16.2 Å². The molecule has 0 heterocycles. The van der Waals surface area contributed by atoms with E-state index >= 15 is 0 Å². The van der Waals surface area contributed by atoms with Gasteiger partial charge < -0.3 is 20.1 Å². The number of carbonyl (C=O) groups excluding carboxylic acids is 2. The van der Waals surface area contributed by atoms with Gasteiger partial charge in [-0.05, 0) is 48.9 Å². The highest BCUT2D eigenvalue weighted by Gasteiger charge is 2.10. The van der Waals surface area contributed by atoms with Gasteiger partial charge in [0.15, 0.2) is 0 Å². The van der Waals surface area contributed by atoms with Gasteiger partial charge in [-0.2, -0.15) is 0 Å². The fraction of sp³-hybridized carbons (Fsp3) is 0.176. The molecule has 2 aromatic carbocycles. The second-order valence-electron chi connectivity index (χ2n) is 4.83. The molecular weight excluding hydrogens is 296 g/mol. The molecule has 0 aliphatic carbocycles. The molecule has 2 N–H and O–H groups in total. The van der Waals surface area contributed by atoms with Gasteiger partial charge in [0.2, 0.25) is 0 Å². The number of urea groups is 1. The van der Waals surface area contributed by atoms with Crippen LogP contribution in [0.2, 0.25) is 0 Å². The first-order valence-electron chi connectivity index (χ1n) is 6.94. The van der Waals surface area contributed by atoms with Crippen molar-refractivity contribution in [3.63, 3.8) is 0 Å². The topological polar surface area (TPSA) is 76.7 Å². The van der Waals surface area contributed by atoms with E-state index in [4.69, 9.17) is 4.74 Å². The van der Waals surface area contributed by atoms with E-state index in [1.807, 2.05) is 6.92 Å². The maximum Gasteiger partial charge on any atom is 0.337 e. The summed E-state index contributed by atoms with van der Waals surface area (Å²) in [6, 6.07) is 11.5. The van der Waals surface area contributed by atoms with Gasteiger partial charge in [-0.3, -0.25) is 0 Å². The number of hydrogen-bond donors (Lipinski definition) is 2. The lowest BCUT2D eigenvalue weighted by Gasteiger charge is -2.11. The first kappa shape index (κ1) is 16.4. The molecule has 6 nitrogen and oxygen atoms in total. The van der Waals surface area contributed by atoms with Gasteiger partial charge in [-0.15, -0.1) is 0 Å². The van der Waals surface area contributed by atoms with Crippen LogP contribution in [0, 0.1) is 6.92 Å². The zero-order valence-electron chi connectivity index (χ0n) is 13.2. The number of nitrogens with one attached hydrogen (secondary N) is 2. The molecule has 0 unspecified atom stereocenters. The molecule has 0 spiro atoms. The number of hydrogen-bond acceptors (Lipinski definition) is 4. The van der Waals surface area contributed by atoms with Gasteiger partial charge in [0.25, 0.3) is 0 Å². The van der Waals surface area contributed by atoms with Crippen LogP contribution in [-0.2, 0) is 4.74 Å². The summed E-state index contributed by atoms with van der Waals surface area (Å²) in [5, 5.41) is 5.43. The highest BCUT2D eigenvalue weighted by molar-refractivity contribution is 6.01. The summed E-state index contributed by atoms with van der Waals surface area (Å²) in [6.07, 6.45) is 0. The lowest BCUT2D eigenvalue weighted by atomic mass is 10.1. The van der Waals surface area contributed by atoms with Crippen LogP contribution in [0.1, 0.15) is 15.9 Å². The van der Waals surface area contributed by atoms with Gasteiger partial charge in [-0.25, -0.2) is 9.59 Å². The smallest absolute Gasteiger partial charge is 0.337 e. The summed E-state index contributed by atoms with van der Waals surface area (Å²) in [4.78, 5) is 23.6. The van der Waals surface area contributed by atoms with Crippen LogP contribution in [0.5, 0.6) is 5.75 Å². The molecule has 2 rings (SSSR count). The van der Waals surface area contributed by atoms with Crippen molar-refractivity contribution in [3.05, 3.63) is 53.6 Å². The van der Waals surface area contributed by atoms with Crippen molar-refractivity contribution in [2.75, 3.05) is 24.9 Å². The first-order valence-corrected chi connectivity index (χ1v) is 6.94. The van der Waals surface area contributed by atoms with Gasteiger partial charge in [0.1, 0.15) is 5.75 Å². The van der Waals surface area contributed by atoms with Gasteiger partial charge in [0.05, 0.1) is 19.8 Å². The zero-order valence-corrected chi connectivity index (χ0v) is 13.2. The molecule has 120 valence electrons. The minimum atomic E-state index is -0.455. The van der Waals surface area contributed by atoms with Crippen molar-refractivity contribution in [2.24, 2.45) is 0 Å². The molecule has 0 saturated carbocycles. The highest BCUT2D eigenvalue weighted by Crippen LogP contribution is 2.19. The molecule has 0 atom stereocenters. The molecule has 2 aromatic rings. The van der Waals surface area contributed by atoms with Crippen molar-refractivity contribution >= 4 is 23.4 Å². The number of ether oxygens (including phenoxy) is 2. The Labute approximate surface area is 134 Å². The van der Waals surface area contributed by atoms with Crippen LogP contribution >= 0.6 is 0 Å². The number of carbonyl (C=O) groups is 2. The Kier molecular flexibility index (Phi) is 5.19. The normalized spacial score (nSPS) is 9.87. The lowest BCUT2D eigenvalue weighted by Crippen LogP contribution is -2.20. The Morgan fingerprint density at radius 3 is 2.26 bits per heavy atom. The van der Waals surface area contributed by atoms with Crippen molar-refractivity contribution in [3.8, 4) is 5.75 Å². The molecule has 0 saturated heterocycles. The van der Waals surface area contributed by atoms with E-state index in [1.54, 1.807) is 49.6 Å². The zero-order chi connectivity index (χ0) is 16.8. The van der Waals surface area contributed by atoms with Crippen LogP contribution in [0.25, 0.3) is 0 Å². The van der Waals surface area contributed by atoms with E-state index in [0.717, 1.165) is 5.56 Å². The van der Waals surface area contributed by atoms with Crippen molar-refractivity contribution in [1.29, 1.82) is 0 Å². The second kappa shape index (κ2) is 7.31. The van der Waals surface area contributed by atoms with Gasteiger partial charge in [-0.1, -0.05) is 6.07 Å². The van der Waals surface area contributed by atoms with E-state index < -0.39 is 12.0 Å². The molecule has 0 radical (unpaired) electrons. The summed E-state index contributed by atoms with van der Waals surface area (Å²) < 4.78 is 9.73. The molecule has 23 heavy (non-hydrogen) atoms. The summed E-state index contributed by atoms with van der Waals surface area (Å²) >= 11 is 0. The standard InChI is InChI=1S/C17H18N2O4/c1-11-4-5-12(16(20)23-3)10-15(11)19-17(21)18-13-6-8-14(22-2)9-7-13/h4-10H,1-3H3,(H2,18,19,21). The number of anilines is 2. The van der Waals surface area contributed by atoms with Crippen molar-refractivity contribution < 1.29 is 19.1 Å². The predicted octanol–water partition coefficient (Wildman–Crippen LogP) is 3.43. The average molecular weight is 314 g/mol. The average Bonchev–Trinajstić information content (AvgIpc) is 2.56. The minimum absolute atomic E-state index is 0.373. The third kappa shape index (κ3) is 4.23. The van der Waals surface area contributed by atoms with Gasteiger partial charge >= 0.3 is 12.0 Å². The number of esters is 1. The summed E-state index contributed by atoms with van der Waals surface area (Å²) in [7, 11) is 2.89. The predicted molar refractivity (Wildman–Crippen MR) is 88.2 cm³/mol. The third-order valence-corrected chi connectivity index (χ3v) is 3.25. The lowest BCUT2D eigenvalue weighted by molar-refractivity contribution is 0.0600. The van der Waals surface area contributed by atoms with E-state index in [1.165, 1.54) is 7.11 Å². The summed E-state index contributed by atoms with van der Waals surface area (Å²) in [5.74, 6) is 0.251. The van der Waals surface area contributed by atoms with Crippen molar-refractivity contribution in [2.45, 2.75) is 6.92 Å². The van der Waals surface area contributed by atoms with Crippen LogP contribution in [-0.4, -0.2) is 26.2 Å². The van der Waals surface area contributed by atoms with E-state index in [2.05, 4.69) is 15.4 Å². The van der Waals surface area contributed by atoms with E-state index in [9.17, 15) is 9.59 Å². The Morgan fingerprint density at radius 1 is 0.957 bits per heavy atom. The minimum Gasteiger partial charge on any atom is -0.497 e. The molecule has 0 fully saturated rings. The molecule has 0 aliphatic heterocycles. The maximum absolute atomic E-state index is 12.1. The Hall–Kier alpha value is -3.02. The van der Waals surface area contributed by atoms with Crippen LogP contribution in [0.3, 0.4) is 0 Å². The number of benzene rings is 2. The summed E-state index contributed by atoms with van der Waals surface area (Å²) in [6.45, 7) is 1.84. The van der Waals surface area contributed by atoms with E-state index in [0.29, 0.717) is 22.7 Å². The Balaban J connectivity index is 2.08. The molecule has 6 heteroatoms. The van der Waals surface area contributed by atoms with Crippen LogP contribution < -0.4 is 15.4 Å². The molecular formula is C17H18N2O4. The molecule has 0 bridgehead atoms.